The first kappa shape index (κ1) is 15.1. The third kappa shape index (κ3) is 3.01. The summed E-state index contributed by atoms with van der Waals surface area (Å²) in [5, 5.41) is 1.71. The van der Waals surface area contributed by atoms with Gasteiger partial charge in [0.15, 0.2) is 0 Å². The molecule has 0 radical (unpaired) electrons. The van der Waals surface area contributed by atoms with Gasteiger partial charge < -0.3 is 4.74 Å². The molecule has 1 aromatic heterocycles. The average molecular weight is 331 g/mol. The van der Waals surface area contributed by atoms with E-state index in [1.54, 1.807) is 11.3 Å². The molecular weight excluding hydrogens is 316 g/mol. The van der Waals surface area contributed by atoms with Crippen molar-refractivity contribution in [1.29, 1.82) is 0 Å². The fourth-order valence-corrected chi connectivity index (χ4v) is 3.85. The molecule has 0 saturated heterocycles. The van der Waals surface area contributed by atoms with Crippen molar-refractivity contribution in [2.45, 2.75) is 13.3 Å². The van der Waals surface area contributed by atoms with Crippen LogP contribution in [0.4, 0.5) is 0 Å². The van der Waals surface area contributed by atoms with Crippen LogP contribution in [0.15, 0.2) is 48.5 Å². The molecule has 0 aliphatic carbocycles. The minimum Gasteiger partial charge on any atom is -0.466 e. The topological polar surface area (TPSA) is 26.3 Å². The zero-order valence-corrected chi connectivity index (χ0v) is 13.7. The van der Waals surface area contributed by atoms with E-state index in [0.29, 0.717) is 11.6 Å². The summed E-state index contributed by atoms with van der Waals surface area (Å²) in [5.41, 5.74) is 2.10. The molecule has 0 amide bonds. The van der Waals surface area contributed by atoms with Crippen LogP contribution in [0.3, 0.4) is 0 Å². The minimum absolute atomic E-state index is 0.209. The van der Waals surface area contributed by atoms with Gasteiger partial charge in [-0.1, -0.05) is 41.9 Å². The van der Waals surface area contributed by atoms with Crippen LogP contribution in [0.2, 0.25) is 5.02 Å². The Labute approximate surface area is 138 Å². The van der Waals surface area contributed by atoms with E-state index in [-0.39, 0.29) is 12.4 Å². The van der Waals surface area contributed by atoms with Crippen LogP contribution in [0.1, 0.15) is 12.5 Å². The summed E-state index contributed by atoms with van der Waals surface area (Å²) in [6, 6.07) is 15.9. The highest BCUT2D eigenvalue weighted by molar-refractivity contribution is 7.22. The second kappa shape index (κ2) is 6.51. The van der Waals surface area contributed by atoms with Gasteiger partial charge >= 0.3 is 5.97 Å². The maximum absolute atomic E-state index is 12.0. The quantitative estimate of drug-likeness (QED) is 0.604. The van der Waals surface area contributed by atoms with Crippen LogP contribution in [-0.2, 0) is 16.0 Å². The molecule has 1 heterocycles. The number of ether oxygens (including phenoxy) is 1. The molecule has 3 rings (SSSR count). The molecule has 3 aromatic rings. The normalized spacial score (nSPS) is 10.8. The molecule has 0 N–H and O–H groups in total. The van der Waals surface area contributed by atoms with Crippen LogP contribution in [0, 0.1) is 0 Å². The van der Waals surface area contributed by atoms with Gasteiger partial charge in [-0.15, -0.1) is 11.3 Å². The Hall–Kier alpha value is -1.84. The number of rotatable bonds is 4. The largest absolute Gasteiger partial charge is 0.466 e. The Morgan fingerprint density at radius 3 is 2.68 bits per heavy atom. The Kier molecular flexibility index (Phi) is 4.46. The molecule has 22 heavy (non-hydrogen) atoms. The van der Waals surface area contributed by atoms with Crippen molar-refractivity contribution in [3.63, 3.8) is 0 Å². The fraction of sp³-hybridized carbons (Fsp3) is 0.167. The van der Waals surface area contributed by atoms with Gasteiger partial charge in [-0.2, -0.15) is 0 Å². The molecule has 0 aliphatic rings. The molecule has 2 nitrogen and oxygen atoms in total. The van der Waals surface area contributed by atoms with Gasteiger partial charge in [0.2, 0.25) is 0 Å². The van der Waals surface area contributed by atoms with Gasteiger partial charge in [0.05, 0.1) is 13.0 Å². The Morgan fingerprint density at radius 1 is 1.18 bits per heavy atom. The second-order valence-electron chi connectivity index (χ2n) is 4.90. The Bertz CT molecular complexity index is 809. The molecule has 0 aliphatic heterocycles. The lowest BCUT2D eigenvalue weighted by Crippen LogP contribution is -2.07. The van der Waals surface area contributed by atoms with E-state index >= 15 is 0 Å². The number of thiophene rings is 1. The van der Waals surface area contributed by atoms with Crippen LogP contribution in [0.25, 0.3) is 20.5 Å². The summed E-state index contributed by atoms with van der Waals surface area (Å²) in [7, 11) is 0. The standard InChI is InChI=1S/C18H15ClO2S/c1-2-21-17(20)11-15-14-10-13(19)8-9-16(14)22-18(15)12-6-4-3-5-7-12/h3-10H,2,11H2,1H3. The highest BCUT2D eigenvalue weighted by Crippen LogP contribution is 2.40. The Morgan fingerprint density at radius 2 is 1.95 bits per heavy atom. The molecule has 2 aromatic carbocycles. The maximum Gasteiger partial charge on any atom is 0.310 e. The molecule has 0 saturated carbocycles. The van der Waals surface area contributed by atoms with Crippen LogP contribution < -0.4 is 0 Å². The lowest BCUT2D eigenvalue weighted by atomic mass is 10.0. The van der Waals surface area contributed by atoms with Crippen molar-refractivity contribution >= 4 is 39.0 Å². The molecular formula is C18H15ClO2S. The van der Waals surface area contributed by atoms with Gasteiger partial charge in [0.1, 0.15) is 0 Å². The zero-order chi connectivity index (χ0) is 15.5. The van der Waals surface area contributed by atoms with Crippen LogP contribution >= 0.6 is 22.9 Å². The molecule has 0 atom stereocenters. The van der Waals surface area contributed by atoms with Gasteiger partial charge in [0.25, 0.3) is 0 Å². The highest BCUT2D eigenvalue weighted by atomic mass is 35.5. The highest BCUT2D eigenvalue weighted by Gasteiger charge is 2.17. The first-order valence-electron chi connectivity index (χ1n) is 7.11. The number of halogens is 1. The minimum atomic E-state index is -0.209. The molecule has 0 spiro atoms. The van der Waals surface area contributed by atoms with Crippen molar-refractivity contribution in [3.05, 3.63) is 59.1 Å². The monoisotopic (exact) mass is 330 g/mol. The summed E-state index contributed by atoms with van der Waals surface area (Å²) >= 11 is 7.81. The van der Waals surface area contributed by atoms with E-state index in [1.807, 2.05) is 43.3 Å². The molecule has 0 fully saturated rings. The van der Waals surface area contributed by atoms with Crippen molar-refractivity contribution in [1.82, 2.24) is 0 Å². The number of hydrogen-bond donors (Lipinski definition) is 0. The number of esters is 1. The molecule has 4 heteroatoms. The molecule has 0 bridgehead atoms. The van der Waals surface area contributed by atoms with E-state index in [1.165, 1.54) is 0 Å². The number of carbonyl (C=O) groups excluding carboxylic acids is 1. The lowest BCUT2D eigenvalue weighted by molar-refractivity contribution is -0.142. The van der Waals surface area contributed by atoms with Gasteiger partial charge in [0, 0.05) is 14.6 Å². The maximum atomic E-state index is 12.0. The first-order chi connectivity index (χ1) is 10.7. The van der Waals surface area contributed by atoms with Gasteiger partial charge in [-0.25, -0.2) is 0 Å². The summed E-state index contributed by atoms with van der Waals surface area (Å²) in [4.78, 5) is 13.1. The number of hydrogen-bond acceptors (Lipinski definition) is 3. The van der Waals surface area contributed by atoms with E-state index in [0.717, 1.165) is 26.1 Å². The number of carbonyl (C=O) groups is 1. The zero-order valence-electron chi connectivity index (χ0n) is 12.1. The molecule has 0 unspecified atom stereocenters. The van der Waals surface area contributed by atoms with Crippen molar-refractivity contribution < 1.29 is 9.53 Å². The number of benzene rings is 2. The predicted molar refractivity (Wildman–Crippen MR) is 92.6 cm³/mol. The second-order valence-corrected chi connectivity index (χ2v) is 6.39. The van der Waals surface area contributed by atoms with Gasteiger partial charge in [-0.3, -0.25) is 4.79 Å². The molecule has 112 valence electrons. The van der Waals surface area contributed by atoms with Crippen molar-refractivity contribution in [2.24, 2.45) is 0 Å². The van der Waals surface area contributed by atoms with E-state index in [4.69, 9.17) is 16.3 Å². The van der Waals surface area contributed by atoms with Crippen LogP contribution in [0.5, 0.6) is 0 Å². The number of fused-ring (bicyclic) bond motifs is 1. The first-order valence-corrected chi connectivity index (χ1v) is 8.30. The predicted octanol–water partition coefficient (Wildman–Crippen LogP) is 5.33. The summed E-state index contributed by atoms with van der Waals surface area (Å²) in [6.45, 7) is 2.21. The third-order valence-corrected chi connectivity index (χ3v) is 4.91. The SMILES string of the molecule is CCOC(=O)Cc1c(-c2ccccc2)sc2ccc(Cl)cc12. The van der Waals surface area contributed by atoms with Gasteiger partial charge in [-0.05, 0) is 41.6 Å². The average Bonchev–Trinajstić information content (AvgIpc) is 2.86. The third-order valence-electron chi connectivity index (χ3n) is 3.42. The smallest absolute Gasteiger partial charge is 0.310 e. The fourth-order valence-electron chi connectivity index (χ4n) is 2.48. The van der Waals surface area contributed by atoms with Crippen LogP contribution in [-0.4, -0.2) is 12.6 Å². The Balaban J connectivity index is 2.16. The summed E-state index contributed by atoms with van der Waals surface area (Å²) in [6.07, 6.45) is 0.262. The van der Waals surface area contributed by atoms with E-state index in [2.05, 4.69) is 12.1 Å². The summed E-state index contributed by atoms with van der Waals surface area (Å²) in [5.74, 6) is -0.209. The summed E-state index contributed by atoms with van der Waals surface area (Å²) < 4.78 is 6.25. The lowest BCUT2D eigenvalue weighted by Gasteiger charge is -2.05. The van der Waals surface area contributed by atoms with Crippen molar-refractivity contribution in [3.8, 4) is 10.4 Å². The van der Waals surface area contributed by atoms with E-state index < -0.39 is 0 Å². The van der Waals surface area contributed by atoms with E-state index in [9.17, 15) is 4.79 Å². The van der Waals surface area contributed by atoms with Crippen molar-refractivity contribution in [2.75, 3.05) is 6.61 Å².